The predicted molar refractivity (Wildman–Crippen MR) is 78.8 cm³/mol. The third kappa shape index (κ3) is 3.53. The quantitative estimate of drug-likeness (QED) is 0.740. The molecule has 0 N–H and O–H groups in total. The lowest BCUT2D eigenvalue weighted by molar-refractivity contribution is 0.221. The summed E-state index contributed by atoms with van der Waals surface area (Å²) in [5.41, 5.74) is 3.06. The van der Waals surface area contributed by atoms with E-state index in [0.29, 0.717) is 0 Å². The van der Waals surface area contributed by atoms with Gasteiger partial charge in [-0.15, -0.1) is 0 Å². The zero-order valence-corrected chi connectivity index (χ0v) is 12.1. The Morgan fingerprint density at radius 1 is 1.18 bits per heavy atom. The van der Waals surface area contributed by atoms with Crippen LogP contribution in [0.4, 0.5) is 0 Å². The van der Waals surface area contributed by atoms with E-state index in [4.69, 9.17) is 0 Å². The van der Waals surface area contributed by atoms with Gasteiger partial charge in [-0.05, 0) is 55.4 Å². The number of benzene rings is 1. The van der Waals surface area contributed by atoms with Crippen molar-refractivity contribution in [3.05, 3.63) is 29.3 Å². The molecule has 2 rings (SSSR count). The van der Waals surface area contributed by atoms with Crippen molar-refractivity contribution in [2.75, 3.05) is 19.3 Å². The molecule has 1 aromatic carbocycles. The van der Waals surface area contributed by atoms with Gasteiger partial charge in [-0.25, -0.2) is 0 Å². The average molecular weight is 249 g/mol. The molecule has 1 aliphatic rings. The summed E-state index contributed by atoms with van der Waals surface area (Å²) in [5, 5.41) is 1.63. The smallest absolute Gasteiger partial charge is 0.0240 e. The first kappa shape index (κ1) is 13.1. The Labute approximate surface area is 107 Å². The van der Waals surface area contributed by atoms with E-state index in [2.05, 4.69) is 36.9 Å². The predicted octanol–water partition coefficient (Wildman–Crippen LogP) is 3.30. The summed E-state index contributed by atoms with van der Waals surface area (Å²) in [4.78, 5) is 2.63. The number of nitrogens with zero attached hydrogens (tertiary/aromatic N) is 1. The highest BCUT2D eigenvalue weighted by molar-refractivity contribution is 7.47. The van der Waals surface area contributed by atoms with Crippen LogP contribution in [0, 0.1) is 6.92 Å². The minimum Gasteiger partial charge on any atom is -0.299 e. The summed E-state index contributed by atoms with van der Waals surface area (Å²) in [6.45, 7) is 8.31. The maximum atomic E-state index is 2.63. The van der Waals surface area contributed by atoms with Gasteiger partial charge in [-0.2, -0.15) is 0 Å². The van der Waals surface area contributed by atoms with Gasteiger partial charge in [0.1, 0.15) is 0 Å². The molecule has 1 fully saturated rings. The maximum absolute atomic E-state index is 2.63. The van der Waals surface area contributed by atoms with Gasteiger partial charge in [-0.3, -0.25) is 4.90 Å². The van der Waals surface area contributed by atoms with Gasteiger partial charge in [-0.1, -0.05) is 40.1 Å². The Balaban J connectivity index is 2.10. The van der Waals surface area contributed by atoms with Crippen molar-refractivity contribution in [2.45, 2.75) is 39.7 Å². The van der Waals surface area contributed by atoms with Crippen molar-refractivity contribution < 1.29 is 0 Å². The number of piperidine rings is 1. The molecule has 94 valence electrons. The number of rotatable bonds is 4. The molecule has 0 spiro atoms. The minimum absolute atomic E-state index is 0.979. The van der Waals surface area contributed by atoms with Crippen LogP contribution in [0.1, 0.15) is 37.3 Å². The van der Waals surface area contributed by atoms with Crippen LogP contribution >= 0.6 is 8.58 Å². The lowest BCUT2D eigenvalue weighted by atomic mass is 10.1. The third-order valence-corrected chi connectivity index (χ3v) is 4.98. The van der Waals surface area contributed by atoms with Crippen LogP contribution in [0.2, 0.25) is 0 Å². The molecule has 0 bridgehead atoms. The Morgan fingerprint density at radius 2 is 1.94 bits per heavy atom. The van der Waals surface area contributed by atoms with E-state index in [1.807, 2.05) is 0 Å². The van der Waals surface area contributed by atoms with E-state index in [0.717, 1.165) is 8.58 Å². The molecule has 1 saturated heterocycles. The minimum atomic E-state index is 0.979. The highest BCUT2D eigenvalue weighted by atomic mass is 31.1. The summed E-state index contributed by atoms with van der Waals surface area (Å²) in [6.07, 6.45) is 5.47. The highest BCUT2D eigenvalue weighted by Gasteiger charge is 2.13. The Morgan fingerprint density at radius 3 is 2.65 bits per heavy atom. The second kappa shape index (κ2) is 6.52. The first-order chi connectivity index (χ1) is 8.31. The first-order valence-corrected chi connectivity index (χ1v) is 8.06. The Hall–Kier alpha value is -0.390. The lowest BCUT2D eigenvalue weighted by Gasteiger charge is -2.27. The lowest BCUT2D eigenvalue weighted by Crippen LogP contribution is -2.30. The summed E-state index contributed by atoms with van der Waals surface area (Å²) >= 11 is 0. The molecule has 0 aliphatic carbocycles. The van der Waals surface area contributed by atoms with Crippen LogP contribution in [0.5, 0.6) is 0 Å². The molecule has 0 saturated carbocycles. The summed E-state index contributed by atoms with van der Waals surface area (Å²) in [5.74, 6) is 0. The molecular weight excluding hydrogens is 225 g/mol. The standard InChI is InChI=1S/C15H24NP/c1-3-17-15-13(2)8-7-9-14(15)12-16-10-5-4-6-11-16/h7-9,17H,3-6,10-12H2,1-2H3. The van der Waals surface area contributed by atoms with Crippen LogP contribution in [0.15, 0.2) is 18.2 Å². The van der Waals surface area contributed by atoms with E-state index in [1.165, 1.54) is 50.6 Å². The van der Waals surface area contributed by atoms with Crippen molar-refractivity contribution in [3.63, 3.8) is 0 Å². The van der Waals surface area contributed by atoms with Crippen molar-refractivity contribution in [2.24, 2.45) is 0 Å². The molecule has 1 nitrogen and oxygen atoms in total. The monoisotopic (exact) mass is 249 g/mol. The molecule has 1 aromatic rings. The molecule has 1 unspecified atom stereocenters. The average Bonchev–Trinajstić information content (AvgIpc) is 2.35. The molecule has 17 heavy (non-hydrogen) atoms. The topological polar surface area (TPSA) is 3.24 Å². The third-order valence-electron chi connectivity index (χ3n) is 3.56. The number of aryl methyl sites for hydroxylation is 1. The normalized spacial score (nSPS) is 18.0. The van der Waals surface area contributed by atoms with Gasteiger partial charge < -0.3 is 0 Å². The molecule has 1 heterocycles. The van der Waals surface area contributed by atoms with E-state index in [1.54, 1.807) is 10.9 Å². The molecule has 0 aromatic heterocycles. The number of hydrogen-bond acceptors (Lipinski definition) is 1. The zero-order valence-electron chi connectivity index (χ0n) is 11.1. The van der Waals surface area contributed by atoms with Crippen LogP contribution in [-0.4, -0.2) is 24.2 Å². The van der Waals surface area contributed by atoms with Gasteiger partial charge in [0.2, 0.25) is 0 Å². The van der Waals surface area contributed by atoms with E-state index < -0.39 is 0 Å². The van der Waals surface area contributed by atoms with E-state index in [9.17, 15) is 0 Å². The Bertz CT molecular complexity index is 356. The van der Waals surface area contributed by atoms with Gasteiger partial charge in [0.15, 0.2) is 0 Å². The van der Waals surface area contributed by atoms with Gasteiger partial charge in [0.25, 0.3) is 0 Å². The second-order valence-corrected chi connectivity index (χ2v) is 6.54. The van der Waals surface area contributed by atoms with Crippen LogP contribution in [0.25, 0.3) is 0 Å². The maximum Gasteiger partial charge on any atom is 0.0240 e. The molecule has 1 atom stereocenters. The Kier molecular flexibility index (Phi) is 5.00. The number of hydrogen-bond donors (Lipinski definition) is 0. The summed E-state index contributed by atoms with van der Waals surface area (Å²) < 4.78 is 0. The largest absolute Gasteiger partial charge is 0.299 e. The molecule has 2 heteroatoms. The van der Waals surface area contributed by atoms with Gasteiger partial charge in [0.05, 0.1) is 0 Å². The molecule has 0 radical (unpaired) electrons. The van der Waals surface area contributed by atoms with Crippen molar-refractivity contribution >= 4 is 13.9 Å². The molecule has 0 amide bonds. The summed E-state index contributed by atoms with van der Waals surface area (Å²) in [7, 11) is 0.979. The second-order valence-electron chi connectivity index (χ2n) is 4.98. The van der Waals surface area contributed by atoms with Crippen LogP contribution in [0.3, 0.4) is 0 Å². The van der Waals surface area contributed by atoms with Crippen molar-refractivity contribution in [1.82, 2.24) is 4.90 Å². The van der Waals surface area contributed by atoms with E-state index >= 15 is 0 Å². The van der Waals surface area contributed by atoms with Crippen molar-refractivity contribution in [3.8, 4) is 0 Å². The van der Waals surface area contributed by atoms with Gasteiger partial charge in [0, 0.05) is 6.54 Å². The van der Waals surface area contributed by atoms with Gasteiger partial charge >= 0.3 is 0 Å². The fourth-order valence-electron chi connectivity index (χ4n) is 2.65. The zero-order chi connectivity index (χ0) is 12.1. The molecular formula is C15H24NP. The fourth-order valence-corrected chi connectivity index (χ4v) is 3.75. The summed E-state index contributed by atoms with van der Waals surface area (Å²) in [6, 6.07) is 6.82. The molecule has 1 aliphatic heterocycles. The van der Waals surface area contributed by atoms with Crippen LogP contribution in [-0.2, 0) is 6.54 Å². The first-order valence-electron chi connectivity index (χ1n) is 6.86. The highest BCUT2D eigenvalue weighted by Crippen LogP contribution is 2.19. The van der Waals surface area contributed by atoms with E-state index in [-0.39, 0.29) is 0 Å². The SMILES string of the molecule is CCPc1c(C)cccc1CN1CCCCC1. The number of likely N-dealkylation sites (tertiary alicyclic amines) is 1. The van der Waals surface area contributed by atoms with Crippen LogP contribution < -0.4 is 5.30 Å². The van der Waals surface area contributed by atoms with Crippen molar-refractivity contribution in [1.29, 1.82) is 0 Å². The fraction of sp³-hybridized carbons (Fsp3) is 0.600.